The molecular formula is C13H13NO5. The molecule has 0 unspecified atom stereocenters. The number of carboxylic acid groups (broad SMARTS) is 1. The van der Waals surface area contributed by atoms with Gasteiger partial charge in [-0.2, -0.15) is 5.26 Å². The molecule has 19 heavy (non-hydrogen) atoms. The zero-order chi connectivity index (χ0) is 14.3. The van der Waals surface area contributed by atoms with Gasteiger partial charge in [0, 0.05) is 12.0 Å². The van der Waals surface area contributed by atoms with Crippen LogP contribution in [-0.2, 0) is 14.3 Å². The van der Waals surface area contributed by atoms with Crippen LogP contribution in [0, 0.1) is 11.3 Å². The molecule has 0 aliphatic heterocycles. The Kier molecular flexibility index (Phi) is 5.35. The SMILES string of the molecule is CCC(=O)O[C@H](C#N)c1ccc(OCC(=O)O)cc1. The first-order valence-electron chi connectivity index (χ1n) is 5.60. The van der Waals surface area contributed by atoms with Crippen LogP contribution in [0.1, 0.15) is 25.0 Å². The molecule has 0 spiro atoms. The van der Waals surface area contributed by atoms with E-state index >= 15 is 0 Å². The summed E-state index contributed by atoms with van der Waals surface area (Å²) in [5.74, 6) is -1.17. The van der Waals surface area contributed by atoms with Crippen LogP contribution in [0.4, 0.5) is 0 Å². The van der Waals surface area contributed by atoms with Crippen LogP contribution in [-0.4, -0.2) is 23.7 Å². The van der Waals surface area contributed by atoms with Gasteiger partial charge in [-0.05, 0) is 12.1 Å². The first-order valence-corrected chi connectivity index (χ1v) is 5.60. The van der Waals surface area contributed by atoms with Gasteiger partial charge in [0.15, 0.2) is 6.61 Å². The molecule has 0 saturated heterocycles. The number of nitriles is 1. The molecule has 100 valence electrons. The Morgan fingerprint density at radius 1 is 1.37 bits per heavy atom. The minimum Gasteiger partial charge on any atom is -0.482 e. The summed E-state index contributed by atoms with van der Waals surface area (Å²) in [4.78, 5) is 21.5. The first-order chi connectivity index (χ1) is 9.06. The van der Waals surface area contributed by atoms with Crippen molar-refractivity contribution in [3.8, 4) is 11.8 Å². The van der Waals surface area contributed by atoms with Crippen LogP contribution in [0.25, 0.3) is 0 Å². The van der Waals surface area contributed by atoms with Crippen molar-refractivity contribution in [1.82, 2.24) is 0 Å². The number of benzene rings is 1. The van der Waals surface area contributed by atoms with Crippen molar-refractivity contribution >= 4 is 11.9 Å². The topological polar surface area (TPSA) is 96.6 Å². The van der Waals surface area contributed by atoms with Gasteiger partial charge in [0.2, 0.25) is 6.10 Å². The van der Waals surface area contributed by atoms with Crippen LogP contribution in [0.5, 0.6) is 5.75 Å². The van der Waals surface area contributed by atoms with Crippen molar-refractivity contribution in [2.24, 2.45) is 0 Å². The number of rotatable bonds is 6. The summed E-state index contributed by atoms with van der Waals surface area (Å²) in [5.41, 5.74) is 0.506. The van der Waals surface area contributed by atoms with Gasteiger partial charge in [0.1, 0.15) is 11.8 Å². The molecule has 1 aromatic rings. The van der Waals surface area contributed by atoms with Gasteiger partial charge in [0.05, 0.1) is 0 Å². The third-order valence-electron chi connectivity index (χ3n) is 2.20. The molecule has 6 heteroatoms. The van der Waals surface area contributed by atoms with Crippen molar-refractivity contribution in [2.75, 3.05) is 6.61 Å². The molecule has 0 amide bonds. The van der Waals surface area contributed by atoms with Crippen LogP contribution < -0.4 is 4.74 Å². The van der Waals surface area contributed by atoms with E-state index in [1.165, 1.54) is 12.1 Å². The van der Waals surface area contributed by atoms with Crippen LogP contribution in [0.15, 0.2) is 24.3 Å². The maximum atomic E-state index is 11.1. The average Bonchev–Trinajstić information content (AvgIpc) is 2.42. The third kappa shape index (κ3) is 4.68. The van der Waals surface area contributed by atoms with Crippen LogP contribution >= 0.6 is 0 Å². The van der Waals surface area contributed by atoms with Gasteiger partial charge in [-0.3, -0.25) is 4.79 Å². The van der Waals surface area contributed by atoms with Gasteiger partial charge in [-0.25, -0.2) is 4.79 Å². The molecule has 0 radical (unpaired) electrons. The molecule has 0 fully saturated rings. The highest BCUT2D eigenvalue weighted by molar-refractivity contribution is 5.69. The Hall–Kier alpha value is -2.55. The summed E-state index contributed by atoms with van der Waals surface area (Å²) in [6.07, 6.45) is -0.779. The first kappa shape index (κ1) is 14.5. The molecule has 1 aromatic carbocycles. The number of carbonyl (C=O) groups excluding carboxylic acids is 1. The van der Waals surface area contributed by atoms with E-state index in [2.05, 4.69) is 0 Å². The monoisotopic (exact) mass is 263 g/mol. The van der Waals surface area contributed by atoms with Crippen molar-refractivity contribution in [3.63, 3.8) is 0 Å². The summed E-state index contributed by atoms with van der Waals surface area (Å²) in [6, 6.07) is 8.01. The van der Waals surface area contributed by atoms with Crippen molar-refractivity contribution in [1.29, 1.82) is 5.26 Å². The fraction of sp³-hybridized carbons (Fsp3) is 0.308. The maximum absolute atomic E-state index is 11.1. The van der Waals surface area contributed by atoms with E-state index in [1.807, 2.05) is 6.07 Å². The molecule has 0 heterocycles. The lowest BCUT2D eigenvalue weighted by molar-refractivity contribution is -0.146. The molecule has 0 bridgehead atoms. The maximum Gasteiger partial charge on any atom is 0.341 e. The Morgan fingerprint density at radius 3 is 2.47 bits per heavy atom. The number of hydrogen-bond donors (Lipinski definition) is 1. The number of nitrogens with zero attached hydrogens (tertiary/aromatic N) is 1. The standard InChI is InChI=1S/C13H13NO5/c1-2-13(17)19-11(7-14)9-3-5-10(6-4-9)18-8-12(15)16/h3-6,11H,2,8H2,1H3,(H,15,16)/t11-/m1/s1. The lowest BCUT2D eigenvalue weighted by atomic mass is 10.1. The predicted molar refractivity (Wildman–Crippen MR) is 64.3 cm³/mol. The van der Waals surface area contributed by atoms with Crippen LogP contribution in [0.2, 0.25) is 0 Å². The lowest BCUT2D eigenvalue weighted by Gasteiger charge is -2.11. The second-order valence-corrected chi connectivity index (χ2v) is 3.60. The third-order valence-corrected chi connectivity index (χ3v) is 2.20. The summed E-state index contributed by atoms with van der Waals surface area (Å²) >= 11 is 0. The summed E-state index contributed by atoms with van der Waals surface area (Å²) in [7, 11) is 0. The number of hydrogen-bond acceptors (Lipinski definition) is 5. The number of ether oxygens (including phenoxy) is 2. The fourth-order valence-corrected chi connectivity index (χ4v) is 1.27. The van der Waals surface area contributed by atoms with Crippen LogP contribution in [0.3, 0.4) is 0 Å². The normalized spacial score (nSPS) is 11.2. The number of esters is 1. The molecular weight excluding hydrogens is 250 g/mol. The molecule has 6 nitrogen and oxygen atoms in total. The second kappa shape index (κ2) is 7.01. The Labute approximate surface area is 110 Å². The van der Waals surface area contributed by atoms with Gasteiger partial charge in [-0.15, -0.1) is 0 Å². The van der Waals surface area contributed by atoms with Gasteiger partial charge in [0.25, 0.3) is 0 Å². The minimum atomic E-state index is -1.07. The molecule has 0 aromatic heterocycles. The predicted octanol–water partition coefficient (Wildman–Crippen LogP) is 1.67. The van der Waals surface area contributed by atoms with E-state index in [0.29, 0.717) is 11.3 Å². The molecule has 0 aliphatic carbocycles. The lowest BCUT2D eigenvalue weighted by Crippen LogP contribution is -2.10. The average molecular weight is 263 g/mol. The molecule has 1 rings (SSSR count). The van der Waals surface area contributed by atoms with E-state index in [0.717, 1.165) is 0 Å². The smallest absolute Gasteiger partial charge is 0.341 e. The quantitative estimate of drug-likeness (QED) is 0.784. The van der Waals surface area contributed by atoms with Crippen molar-refractivity contribution in [3.05, 3.63) is 29.8 Å². The van der Waals surface area contributed by atoms with Crippen molar-refractivity contribution in [2.45, 2.75) is 19.4 Å². The Bertz CT molecular complexity index is 489. The van der Waals surface area contributed by atoms with Gasteiger partial charge >= 0.3 is 11.9 Å². The highest BCUT2D eigenvalue weighted by Crippen LogP contribution is 2.20. The highest BCUT2D eigenvalue weighted by Gasteiger charge is 2.14. The molecule has 0 aliphatic rings. The summed E-state index contributed by atoms with van der Waals surface area (Å²) < 4.78 is 9.89. The fourth-order valence-electron chi connectivity index (χ4n) is 1.27. The molecule has 1 atom stereocenters. The minimum absolute atomic E-state index is 0.192. The van der Waals surface area contributed by atoms with Crippen molar-refractivity contribution < 1.29 is 24.2 Å². The summed E-state index contributed by atoms with van der Waals surface area (Å²) in [5, 5.41) is 17.4. The van der Waals surface area contributed by atoms with E-state index in [1.54, 1.807) is 19.1 Å². The molecule has 1 N–H and O–H groups in total. The Morgan fingerprint density at radius 2 is 2.00 bits per heavy atom. The second-order valence-electron chi connectivity index (χ2n) is 3.60. The highest BCUT2D eigenvalue weighted by atomic mass is 16.5. The summed E-state index contributed by atoms with van der Waals surface area (Å²) in [6.45, 7) is 1.20. The van der Waals surface area contributed by atoms with Gasteiger partial charge < -0.3 is 14.6 Å². The Balaban J connectivity index is 2.71. The van der Waals surface area contributed by atoms with E-state index in [9.17, 15) is 9.59 Å². The zero-order valence-electron chi connectivity index (χ0n) is 10.3. The molecule has 0 saturated carbocycles. The van der Waals surface area contributed by atoms with E-state index < -0.39 is 24.6 Å². The number of carbonyl (C=O) groups is 2. The number of carboxylic acids is 1. The largest absolute Gasteiger partial charge is 0.482 e. The van der Waals surface area contributed by atoms with Gasteiger partial charge in [-0.1, -0.05) is 19.1 Å². The zero-order valence-corrected chi connectivity index (χ0v) is 10.3. The van der Waals surface area contributed by atoms with E-state index in [4.69, 9.17) is 19.8 Å². The number of aliphatic carboxylic acids is 1. The van der Waals surface area contributed by atoms with E-state index in [-0.39, 0.29) is 6.42 Å².